The van der Waals surface area contributed by atoms with Gasteiger partial charge in [-0.25, -0.2) is 0 Å². The zero-order valence-corrected chi connectivity index (χ0v) is 11.7. The van der Waals surface area contributed by atoms with Crippen molar-refractivity contribution in [3.05, 3.63) is 69.8 Å². The maximum absolute atomic E-state index is 12.0. The number of hydrogen-bond donors (Lipinski definition) is 1. The molecule has 22 heavy (non-hydrogen) atoms. The molecule has 0 fully saturated rings. The number of carbonyl (C=O) groups excluding carboxylic acids is 1. The van der Waals surface area contributed by atoms with Gasteiger partial charge in [-0.3, -0.25) is 14.9 Å². The molecule has 6 nitrogen and oxygen atoms in total. The number of rotatable bonds is 5. The van der Waals surface area contributed by atoms with Crippen LogP contribution in [0.3, 0.4) is 0 Å². The smallest absolute Gasteiger partial charge is 0.315 e. The molecule has 0 radical (unpaired) electrons. The predicted molar refractivity (Wildman–Crippen MR) is 81.1 cm³/mol. The topological polar surface area (TPSA) is 89.7 Å². The highest BCUT2D eigenvalue weighted by Crippen LogP contribution is 2.37. The third-order valence-electron chi connectivity index (χ3n) is 2.98. The number of allylic oxidation sites excluding steroid dienone is 1. The molecule has 0 saturated heterocycles. The Morgan fingerprint density at radius 3 is 2.55 bits per heavy atom. The van der Waals surface area contributed by atoms with Crippen molar-refractivity contribution in [2.24, 2.45) is 0 Å². The molecule has 112 valence electrons. The predicted octanol–water partition coefficient (Wildman–Crippen LogP) is 3.21. The zero-order chi connectivity index (χ0) is 16.1. The first-order valence-electron chi connectivity index (χ1n) is 6.35. The molecule has 0 saturated carbocycles. The van der Waals surface area contributed by atoms with Crippen molar-refractivity contribution in [2.45, 2.75) is 0 Å². The highest BCUT2D eigenvalue weighted by molar-refractivity contribution is 6.06. The molecule has 0 unspecified atom stereocenters. The Morgan fingerprint density at radius 1 is 1.27 bits per heavy atom. The molecule has 0 aliphatic heterocycles. The molecule has 0 spiro atoms. The van der Waals surface area contributed by atoms with Crippen LogP contribution < -0.4 is 4.74 Å². The van der Waals surface area contributed by atoms with E-state index in [1.165, 1.54) is 31.4 Å². The number of hydrogen-bond acceptors (Lipinski definition) is 5. The molecular weight excluding hydrogens is 286 g/mol. The van der Waals surface area contributed by atoms with Crippen LogP contribution in [0, 0.1) is 10.1 Å². The van der Waals surface area contributed by atoms with Crippen molar-refractivity contribution in [3.63, 3.8) is 0 Å². The lowest BCUT2D eigenvalue weighted by Crippen LogP contribution is -1.94. The van der Waals surface area contributed by atoms with Gasteiger partial charge in [0.2, 0.25) is 5.75 Å². The summed E-state index contributed by atoms with van der Waals surface area (Å²) in [6.45, 7) is 0. The fourth-order valence-corrected chi connectivity index (χ4v) is 1.88. The lowest BCUT2D eigenvalue weighted by atomic mass is 10.1. The van der Waals surface area contributed by atoms with Gasteiger partial charge in [0.25, 0.3) is 0 Å². The van der Waals surface area contributed by atoms with Crippen molar-refractivity contribution in [1.29, 1.82) is 0 Å². The zero-order valence-electron chi connectivity index (χ0n) is 11.7. The van der Waals surface area contributed by atoms with Crippen LogP contribution in [0.1, 0.15) is 15.9 Å². The van der Waals surface area contributed by atoms with Gasteiger partial charge in [-0.1, -0.05) is 36.4 Å². The SMILES string of the molecule is COc1cc(C=CC(=O)c2ccccc2)cc([N+](=O)[O-])c1O. The molecule has 2 rings (SSSR count). The number of ether oxygens (including phenoxy) is 1. The molecule has 0 amide bonds. The van der Waals surface area contributed by atoms with Crippen molar-refractivity contribution >= 4 is 17.5 Å². The van der Waals surface area contributed by atoms with Gasteiger partial charge in [-0.15, -0.1) is 0 Å². The van der Waals surface area contributed by atoms with Crippen LogP contribution in [0.2, 0.25) is 0 Å². The monoisotopic (exact) mass is 299 g/mol. The number of nitrogens with zero attached hydrogens (tertiary/aromatic N) is 1. The van der Waals surface area contributed by atoms with Gasteiger partial charge in [-0.05, 0) is 17.7 Å². The fourth-order valence-electron chi connectivity index (χ4n) is 1.88. The third kappa shape index (κ3) is 3.29. The van der Waals surface area contributed by atoms with Crippen molar-refractivity contribution in [2.75, 3.05) is 7.11 Å². The van der Waals surface area contributed by atoms with E-state index in [1.54, 1.807) is 30.3 Å². The van der Waals surface area contributed by atoms with E-state index in [2.05, 4.69) is 0 Å². The van der Waals surface area contributed by atoms with Crippen LogP contribution in [0.15, 0.2) is 48.5 Å². The van der Waals surface area contributed by atoms with Crippen molar-refractivity contribution in [3.8, 4) is 11.5 Å². The highest BCUT2D eigenvalue weighted by atomic mass is 16.6. The summed E-state index contributed by atoms with van der Waals surface area (Å²) in [5, 5.41) is 20.6. The quantitative estimate of drug-likeness (QED) is 0.396. The van der Waals surface area contributed by atoms with E-state index in [1.807, 2.05) is 0 Å². The molecule has 2 aromatic carbocycles. The summed E-state index contributed by atoms with van der Waals surface area (Å²) in [7, 11) is 1.29. The second-order valence-corrected chi connectivity index (χ2v) is 4.41. The molecule has 0 bridgehead atoms. The molecule has 0 heterocycles. The van der Waals surface area contributed by atoms with Gasteiger partial charge < -0.3 is 9.84 Å². The summed E-state index contributed by atoms with van der Waals surface area (Å²) < 4.78 is 4.89. The number of nitro benzene ring substituents is 1. The van der Waals surface area contributed by atoms with Crippen LogP contribution in [0.4, 0.5) is 5.69 Å². The van der Waals surface area contributed by atoms with Crippen molar-refractivity contribution < 1.29 is 19.6 Å². The van der Waals surface area contributed by atoms with E-state index in [0.29, 0.717) is 11.1 Å². The molecule has 0 aromatic heterocycles. The number of nitro groups is 1. The van der Waals surface area contributed by atoms with Crippen LogP contribution in [-0.4, -0.2) is 22.9 Å². The van der Waals surface area contributed by atoms with Crippen molar-refractivity contribution in [1.82, 2.24) is 0 Å². The molecule has 0 aliphatic rings. The summed E-state index contributed by atoms with van der Waals surface area (Å²) in [6.07, 6.45) is 2.75. The first kappa shape index (κ1) is 15.2. The average molecular weight is 299 g/mol. The van der Waals surface area contributed by atoms with Crippen LogP contribution >= 0.6 is 0 Å². The van der Waals surface area contributed by atoms with Gasteiger partial charge in [0.15, 0.2) is 11.5 Å². The van der Waals surface area contributed by atoms with E-state index < -0.39 is 16.4 Å². The summed E-state index contributed by atoms with van der Waals surface area (Å²) in [4.78, 5) is 22.1. The molecular formula is C16H13NO5. The van der Waals surface area contributed by atoms with Gasteiger partial charge in [-0.2, -0.15) is 0 Å². The Bertz CT molecular complexity index is 738. The molecule has 6 heteroatoms. The summed E-state index contributed by atoms with van der Waals surface area (Å²) in [5.74, 6) is -0.796. The van der Waals surface area contributed by atoms with Gasteiger partial charge in [0.1, 0.15) is 0 Å². The van der Waals surface area contributed by atoms with E-state index >= 15 is 0 Å². The summed E-state index contributed by atoms with van der Waals surface area (Å²) >= 11 is 0. The van der Waals surface area contributed by atoms with Crippen LogP contribution in [0.5, 0.6) is 11.5 Å². The number of benzene rings is 2. The Balaban J connectivity index is 2.33. The number of phenolic OH excluding ortho intramolecular Hbond substituents is 1. The minimum Gasteiger partial charge on any atom is -0.500 e. The Kier molecular flexibility index (Phi) is 4.53. The maximum atomic E-state index is 12.0. The van der Waals surface area contributed by atoms with Gasteiger partial charge in [0, 0.05) is 11.6 Å². The standard InChI is InChI=1S/C16H13NO5/c1-22-15-10-11(9-13(16(15)19)17(20)21)7-8-14(18)12-5-3-2-4-6-12/h2-10,19H,1H3. The number of aromatic hydroxyl groups is 1. The number of ketones is 1. The third-order valence-corrected chi connectivity index (χ3v) is 2.98. The minimum absolute atomic E-state index is 0.0268. The van der Waals surface area contributed by atoms with Crippen LogP contribution in [-0.2, 0) is 0 Å². The summed E-state index contributed by atoms with van der Waals surface area (Å²) in [6, 6.07) is 11.2. The molecule has 1 N–H and O–H groups in total. The normalized spacial score (nSPS) is 10.6. The van der Waals surface area contributed by atoms with E-state index in [9.17, 15) is 20.0 Å². The largest absolute Gasteiger partial charge is 0.500 e. The molecule has 2 aromatic rings. The Labute approximate surface area is 126 Å². The summed E-state index contributed by atoms with van der Waals surface area (Å²) in [5.41, 5.74) is 0.413. The lowest BCUT2D eigenvalue weighted by Gasteiger charge is -2.05. The number of carbonyl (C=O) groups is 1. The Morgan fingerprint density at radius 2 is 1.95 bits per heavy atom. The first-order valence-corrected chi connectivity index (χ1v) is 6.35. The second-order valence-electron chi connectivity index (χ2n) is 4.41. The van der Waals surface area contributed by atoms with Gasteiger partial charge in [0.05, 0.1) is 12.0 Å². The maximum Gasteiger partial charge on any atom is 0.315 e. The average Bonchev–Trinajstić information content (AvgIpc) is 2.54. The lowest BCUT2D eigenvalue weighted by molar-refractivity contribution is -0.386. The number of methoxy groups -OCH3 is 1. The van der Waals surface area contributed by atoms with Gasteiger partial charge >= 0.3 is 5.69 Å². The van der Waals surface area contributed by atoms with E-state index in [0.717, 1.165) is 0 Å². The first-order chi connectivity index (χ1) is 10.5. The highest BCUT2D eigenvalue weighted by Gasteiger charge is 2.19. The molecule has 0 atom stereocenters. The minimum atomic E-state index is -0.714. The number of phenols is 1. The fraction of sp³-hybridized carbons (Fsp3) is 0.0625. The van der Waals surface area contributed by atoms with Crippen LogP contribution in [0.25, 0.3) is 6.08 Å². The second kappa shape index (κ2) is 6.53. The van der Waals surface area contributed by atoms with E-state index in [4.69, 9.17) is 4.74 Å². The van der Waals surface area contributed by atoms with E-state index in [-0.39, 0.29) is 11.5 Å². The molecule has 0 aliphatic carbocycles. The Hall–Kier alpha value is -3.15.